The molecule has 4 saturated heterocycles. The van der Waals surface area contributed by atoms with Crippen LogP contribution in [0.1, 0.15) is 41.0 Å². The Hall–Kier alpha value is -1.21. The summed E-state index contributed by atoms with van der Waals surface area (Å²) in [5, 5.41) is 95.2. The van der Waals surface area contributed by atoms with Gasteiger partial charge in [-0.3, -0.25) is 4.79 Å². The lowest BCUT2D eigenvalue weighted by Gasteiger charge is -2.49. The Labute approximate surface area is 276 Å². The maximum absolute atomic E-state index is 12.0. The Morgan fingerprint density at radius 1 is 0.562 bits per heavy atom. The quantitative estimate of drug-likeness (QED) is 0.0915. The first-order valence-electron chi connectivity index (χ1n) is 16.0. The molecule has 4 aliphatic rings. The lowest BCUT2D eigenvalue weighted by molar-refractivity contribution is -0.393. The Morgan fingerprint density at radius 2 is 1.08 bits per heavy atom. The molecule has 0 amide bonds. The minimum absolute atomic E-state index is 0.221. The summed E-state index contributed by atoms with van der Waals surface area (Å²) in [6.07, 6.45) is -29.5. The van der Waals surface area contributed by atoms with Gasteiger partial charge >= 0.3 is 5.97 Å². The molecule has 4 fully saturated rings. The van der Waals surface area contributed by atoms with Gasteiger partial charge in [-0.25, -0.2) is 0 Å². The molecule has 0 aromatic rings. The Balaban J connectivity index is 1.57. The van der Waals surface area contributed by atoms with Gasteiger partial charge in [-0.15, -0.1) is 0 Å². The highest BCUT2D eigenvalue weighted by atomic mass is 16.8. The number of carbonyl (C=O) groups excluding carboxylic acids is 1. The van der Waals surface area contributed by atoms with Crippen molar-refractivity contribution in [2.45, 2.75) is 164 Å². The molecule has 4 aliphatic heterocycles. The van der Waals surface area contributed by atoms with Gasteiger partial charge in [0.15, 0.2) is 31.3 Å². The van der Waals surface area contributed by atoms with Crippen LogP contribution in [-0.2, 0) is 47.4 Å². The molecule has 0 saturated carbocycles. The lowest BCUT2D eigenvalue weighted by Crippen LogP contribution is -2.67. The van der Waals surface area contributed by atoms with Crippen LogP contribution in [0.25, 0.3) is 0 Å². The molecule has 9 N–H and O–H groups in total. The Kier molecular flexibility index (Phi) is 13.9. The molecule has 0 bridgehead atoms. The monoisotopic (exact) mass is 702 g/mol. The van der Waals surface area contributed by atoms with E-state index in [0.29, 0.717) is 6.42 Å². The molecule has 48 heavy (non-hydrogen) atoms. The molecule has 0 aromatic heterocycles. The van der Waals surface area contributed by atoms with E-state index >= 15 is 0 Å². The third kappa shape index (κ3) is 8.45. The Morgan fingerprint density at radius 3 is 1.69 bits per heavy atom. The number of hydrogen-bond acceptors (Lipinski definition) is 19. The van der Waals surface area contributed by atoms with Gasteiger partial charge in [0.25, 0.3) is 0 Å². The first-order valence-corrected chi connectivity index (χ1v) is 16.0. The number of rotatable bonds is 11. The molecule has 20 atom stereocenters. The molecular weight excluding hydrogens is 652 g/mol. The second kappa shape index (κ2) is 16.9. The van der Waals surface area contributed by atoms with Crippen molar-refractivity contribution in [3.05, 3.63) is 0 Å². The van der Waals surface area contributed by atoms with Crippen LogP contribution >= 0.6 is 0 Å². The maximum atomic E-state index is 12.0. The van der Waals surface area contributed by atoms with Crippen molar-refractivity contribution in [1.29, 1.82) is 0 Å². The Bertz CT molecular complexity index is 1020. The van der Waals surface area contributed by atoms with Gasteiger partial charge in [-0.2, -0.15) is 0 Å². The number of carbonyl (C=O) groups is 1. The lowest BCUT2D eigenvalue weighted by atomic mass is 9.96. The van der Waals surface area contributed by atoms with Crippen LogP contribution in [-0.4, -0.2) is 188 Å². The molecular formula is C29H50O19. The fourth-order valence-corrected chi connectivity index (χ4v) is 6.00. The van der Waals surface area contributed by atoms with E-state index in [2.05, 4.69) is 0 Å². The molecule has 4 rings (SSSR count). The second-order valence-corrected chi connectivity index (χ2v) is 12.5. The van der Waals surface area contributed by atoms with Gasteiger partial charge in [0.2, 0.25) is 0 Å². The molecule has 0 radical (unpaired) electrons. The van der Waals surface area contributed by atoms with Crippen molar-refractivity contribution in [3.8, 4) is 0 Å². The molecule has 19 nitrogen and oxygen atoms in total. The highest BCUT2D eigenvalue weighted by Gasteiger charge is 2.55. The zero-order valence-corrected chi connectivity index (χ0v) is 27.3. The van der Waals surface area contributed by atoms with Gasteiger partial charge in [-0.05, 0) is 27.2 Å². The number of aliphatic hydroxyl groups excluding tert-OH is 9. The highest BCUT2D eigenvalue weighted by Crippen LogP contribution is 2.35. The van der Waals surface area contributed by atoms with Crippen LogP contribution in [0.3, 0.4) is 0 Å². The van der Waals surface area contributed by atoms with Crippen molar-refractivity contribution in [2.75, 3.05) is 13.2 Å². The average molecular weight is 703 g/mol. The molecule has 19 heteroatoms. The van der Waals surface area contributed by atoms with Gasteiger partial charge < -0.3 is 88.6 Å². The summed E-state index contributed by atoms with van der Waals surface area (Å²) in [6.45, 7) is 6.84. The number of esters is 1. The summed E-state index contributed by atoms with van der Waals surface area (Å²) >= 11 is 0. The topological polar surface area (TPSA) is 282 Å². The third-order valence-corrected chi connectivity index (χ3v) is 8.84. The summed E-state index contributed by atoms with van der Waals surface area (Å²) in [6, 6.07) is 0. The van der Waals surface area contributed by atoms with Crippen molar-refractivity contribution in [2.24, 2.45) is 0 Å². The maximum Gasteiger partial charge on any atom is 0.303 e. The minimum atomic E-state index is -1.89. The number of hydrogen-bond donors (Lipinski definition) is 9. The summed E-state index contributed by atoms with van der Waals surface area (Å²) in [5.41, 5.74) is 0. The van der Waals surface area contributed by atoms with Crippen molar-refractivity contribution in [1.82, 2.24) is 0 Å². The molecule has 0 spiro atoms. The van der Waals surface area contributed by atoms with Crippen LogP contribution < -0.4 is 0 Å². The van der Waals surface area contributed by atoms with E-state index in [1.54, 1.807) is 6.92 Å². The SMILES string of the molecule is CCCO[C@@H]1OC(C)[C@H](O)C(O[C@@H]2OC(C)[C@H](O)C(O)[C@@H]2O[C@@H]2OC(C)[C@H](O)C(O[C@H]3OC(CO)[C@@H](O)C(O)C3O)[C@@H]2O)[C@@H]1OC(C)=O. The fourth-order valence-electron chi connectivity index (χ4n) is 6.00. The van der Waals surface area contributed by atoms with Crippen molar-refractivity contribution in [3.63, 3.8) is 0 Å². The van der Waals surface area contributed by atoms with Crippen LogP contribution in [0.15, 0.2) is 0 Å². The first-order chi connectivity index (χ1) is 22.6. The second-order valence-electron chi connectivity index (χ2n) is 12.5. The molecule has 4 heterocycles. The molecule has 0 aliphatic carbocycles. The predicted molar refractivity (Wildman–Crippen MR) is 153 cm³/mol. The van der Waals surface area contributed by atoms with Crippen LogP contribution in [0.5, 0.6) is 0 Å². The molecule has 0 aromatic carbocycles. The zero-order valence-electron chi connectivity index (χ0n) is 27.3. The average Bonchev–Trinajstić information content (AvgIpc) is 3.04. The predicted octanol–water partition coefficient (Wildman–Crippen LogP) is -4.66. The van der Waals surface area contributed by atoms with Gasteiger partial charge in [0, 0.05) is 13.5 Å². The van der Waals surface area contributed by atoms with E-state index in [-0.39, 0.29) is 6.61 Å². The standard InChI is InChI=1S/C29H50O19/c1-6-7-40-28-25(44-12(5)31)23(16(34)11(4)42-28)47-29-24(19(37)14(32)9(2)43-29)48-27-21(39)22(15(33)10(3)41-27)46-26-20(38)18(36)17(35)13(8-30)45-26/h9-11,13-30,32-39H,6-8H2,1-5H3/t9?,10?,11?,13?,14-,15-,16-,17+,18?,19?,20?,21-,22?,23?,24-,25-,26+,27-,28+,29-/m0/s1. The summed E-state index contributed by atoms with van der Waals surface area (Å²) in [4.78, 5) is 12.0. The van der Waals surface area contributed by atoms with E-state index in [1.807, 2.05) is 6.92 Å². The largest absolute Gasteiger partial charge is 0.454 e. The van der Waals surface area contributed by atoms with Gasteiger partial charge in [0.1, 0.15) is 73.2 Å². The fraction of sp³-hybridized carbons (Fsp3) is 0.966. The zero-order chi connectivity index (χ0) is 35.6. The normalized spacial score (nSPS) is 50.2. The minimum Gasteiger partial charge on any atom is -0.454 e. The van der Waals surface area contributed by atoms with E-state index in [0.717, 1.165) is 6.92 Å². The molecule has 280 valence electrons. The molecule has 9 unspecified atom stereocenters. The first kappa shape index (κ1) is 39.6. The van der Waals surface area contributed by atoms with Crippen molar-refractivity contribution >= 4 is 5.97 Å². The van der Waals surface area contributed by atoms with Crippen molar-refractivity contribution < 1.29 is 93.4 Å². The van der Waals surface area contributed by atoms with E-state index in [9.17, 15) is 50.8 Å². The van der Waals surface area contributed by atoms with E-state index in [4.69, 9.17) is 42.6 Å². The van der Waals surface area contributed by atoms with E-state index in [1.165, 1.54) is 13.8 Å². The highest BCUT2D eigenvalue weighted by molar-refractivity contribution is 5.66. The van der Waals surface area contributed by atoms with Gasteiger partial charge in [0.05, 0.1) is 24.9 Å². The smallest absolute Gasteiger partial charge is 0.303 e. The van der Waals surface area contributed by atoms with Crippen LogP contribution in [0.2, 0.25) is 0 Å². The van der Waals surface area contributed by atoms with Crippen LogP contribution in [0.4, 0.5) is 0 Å². The summed E-state index contributed by atoms with van der Waals surface area (Å²) < 4.78 is 51.4. The number of aliphatic hydroxyl groups is 9. The third-order valence-electron chi connectivity index (χ3n) is 8.84. The number of ether oxygens (including phenoxy) is 9. The van der Waals surface area contributed by atoms with Gasteiger partial charge in [-0.1, -0.05) is 6.92 Å². The summed E-state index contributed by atoms with van der Waals surface area (Å²) in [5.74, 6) is -0.734. The van der Waals surface area contributed by atoms with Crippen LogP contribution in [0, 0.1) is 0 Å². The van der Waals surface area contributed by atoms with E-state index < -0.39 is 135 Å². The summed E-state index contributed by atoms with van der Waals surface area (Å²) in [7, 11) is 0.